The average Bonchev–Trinajstić information content (AvgIpc) is 2.33. The minimum atomic E-state index is -0.856. The van der Waals surface area contributed by atoms with E-state index < -0.39 is 6.10 Å². The molecule has 0 radical (unpaired) electrons. The average molecular weight is 288 g/mol. The molecule has 0 fully saturated rings. The highest BCUT2D eigenvalue weighted by Gasteiger charge is 2.43. The topological polar surface area (TPSA) is 54.4 Å². The summed E-state index contributed by atoms with van der Waals surface area (Å²) in [7, 11) is 0. The molecule has 1 aromatic carbocycles. The van der Waals surface area contributed by atoms with Gasteiger partial charge in [0.05, 0.1) is 11.0 Å². The lowest BCUT2D eigenvalue weighted by Gasteiger charge is -2.37. The summed E-state index contributed by atoms with van der Waals surface area (Å²) in [6.07, 6.45) is -0.373. The van der Waals surface area contributed by atoms with Gasteiger partial charge in [-0.05, 0) is 18.9 Å². The number of carbonyl (C=O) groups excluding carboxylic acids is 2. The molecule has 0 saturated carbocycles. The Hall–Kier alpha value is -1.39. The van der Waals surface area contributed by atoms with Crippen molar-refractivity contribution in [2.24, 2.45) is 0 Å². The van der Waals surface area contributed by atoms with Crippen LogP contribution in [-0.2, 0) is 0 Å². The number of benzene rings is 1. The van der Waals surface area contributed by atoms with Crippen LogP contribution in [0.3, 0.4) is 0 Å². The molecule has 0 amide bonds. The molecule has 1 aliphatic carbocycles. The summed E-state index contributed by atoms with van der Waals surface area (Å²) in [5.41, 5.74) is 2.00. The molecule has 0 bridgehead atoms. The first kappa shape index (κ1) is 13.6. The van der Waals surface area contributed by atoms with E-state index in [0.717, 1.165) is 5.56 Å². The van der Waals surface area contributed by atoms with E-state index >= 15 is 0 Å². The molecule has 4 heteroatoms. The molecule has 0 saturated heterocycles. The minimum Gasteiger partial charge on any atom is -0.388 e. The minimum absolute atomic E-state index is 0.130. The van der Waals surface area contributed by atoms with Gasteiger partial charge in [0.15, 0.2) is 5.78 Å². The van der Waals surface area contributed by atoms with Crippen molar-refractivity contribution >= 4 is 23.3 Å². The monoisotopic (exact) mass is 288 g/mol. The number of allylic oxidation sites excluding steroid dienone is 1. The zero-order valence-electron chi connectivity index (χ0n) is 11.7. The van der Waals surface area contributed by atoms with Crippen LogP contribution in [0.4, 0.5) is 0 Å². The lowest BCUT2D eigenvalue weighted by atomic mass is 9.82. The lowest BCUT2D eigenvalue weighted by Crippen LogP contribution is -2.37. The van der Waals surface area contributed by atoms with Crippen molar-refractivity contribution in [1.29, 1.82) is 0 Å². The van der Waals surface area contributed by atoms with Gasteiger partial charge in [0.1, 0.15) is 0 Å². The largest absolute Gasteiger partial charge is 0.388 e. The van der Waals surface area contributed by atoms with E-state index in [1.165, 1.54) is 11.8 Å². The maximum absolute atomic E-state index is 12.7. The van der Waals surface area contributed by atoms with Crippen LogP contribution in [0, 0.1) is 6.92 Å². The third-order valence-electron chi connectivity index (χ3n) is 3.84. The third kappa shape index (κ3) is 1.86. The fourth-order valence-electron chi connectivity index (χ4n) is 2.93. The van der Waals surface area contributed by atoms with E-state index in [0.29, 0.717) is 28.0 Å². The molecular weight excluding hydrogens is 272 g/mol. The Morgan fingerprint density at radius 1 is 1.25 bits per heavy atom. The Labute approximate surface area is 122 Å². The van der Waals surface area contributed by atoms with Crippen LogP contribution in [0.25, 0.3) is 0 Å². The van der Waals surface area contributed by atoms with Gasteiger partial charge in [-0.15, -0.1) is 11.8 Å². The smallest absolute Gasteiger partial charge is 0.200 e. The second kappa shape index (κ2) is 4.30. The zero-order chi connectivity index (χ0) is 14.7. The van der Waals surface area contributed by atoms with Crippen LogP contribution in [0.1, 0.15) is 46.5 Å². The highest BCUT2D eigenvalue weighted by molar-refractivity contribution is 8.05. The van der Waals surface area contributed by atoms with Crippen LogP contribution < -0.4 is 0 Å². The van der Waals surface area contributed by atoms with Crippen LogP contribution >= 0.6 is 11.8 Å². The summed E-state index contributed by atoms with van der Waals surface area (Å²) in [5.74, 6) is -0.321. The van der Waals surface area contributed by atoms with Crippen molar-refractivity contribution in [2.75, 3.05) is 0 Å². The fourth-order valence-corrected chi connectivity index (χ4v) is 4.27. The van der Waals surface area contributed by atoms with Gasteiger partial charge in [0, 0.05) is 21.4 Å². The first-order chi connectivity index (χ1) is 9.32. The van der Waals surface area contributed by atoms with Crippen molar-refractivity contribution < 1.29 is 14.7 Å². The van der Waals surface area contributed by atoms with Gasteiger partial charge in [0.25, 0.3) is 0 Å². The first-order valence-electron chi connectivity index (χ1n) is 6.62. The van der Waals surface area contributed by atoms with Crippen LogP contribution in [-0.4, -0.2) is 27.5 Å². The van der Waals surface area contributed by atoms with E-state index in [1.807, 2.05) is 26.8 Å². The summed E-state index contributed by atoms with van der Waals surface area (Å²) < 4.78 is -0.241. The number of hydrogen-bond donors (Lipinski definition) is 1. The van der Waals surface area contributed by atoms with Crippen molar-refractivity contribution in [2.45, 2.75) is 38.0 Å². The molecule has 2 aliphatic rings. The maximum Gasteiger partial charge on any atom is 0.200 e. The van der Waals surface area contributed by atoms with Gasteiger partial charge in [-0.3, -0.25) is 9.59 Å². The van der Waals surface area contributed by atoms with Gasteiger partial charge >= 0.3 is 0 Å². The summed E-state index contributed by atoms with van der Waals surface area (Å²) in [6.45, 7) is 5.78. The summed E-state index contributed by atoms with van der Waals surface area (Å²) in [6, 6.07) is 5.31. The number of fused-ring (bicyclic) bond motifs is 1. The zero-order valence-corrected chi connectivity index (χ0v) is 12.5. The number of Topliss-reactive ketones (excluding diaryl/α,β-unsaturated/α-hetero) is 2. The van der Waals surface area contributed by atoms with Crippen molar-refractivity contribution in [1.82, 2.24) is 0 Å². The summed E-state index contributed by atoms with van der Waals surface area (Å²) in [5, 5.41) is 10.3. The van der Waals surface area contributed by atoms with E-state index in [9.17, 15) is 14.7 Å². The molecule has 1 heterocycles. The molecule has 1 aromatic rings. The molecule has 1 atom stereocenters. The van der Waals surface area contributed by atoms with Crippen molar-refractivity contribution in [3.05, 3.63) is 45.4 Å². The fraction of sp³-hybridized carbons (Fsp3) is 0.375. The molecule has 104 valence electrons. The Morgan fingerprint density at radius 3 is 2.65 bits per heavy atom. The van der Waals surface area contributed by atoms with Gasteiger partial charge in [-0.1, -0.05) is 32.0 Å². The number of ketones is 2. The van der Waals surface area contributed by atoms with Gasteiger partial charge in [-0.2, -0.15) is 0 Å². The SMILES string of the molecule is Cc1cccc2c1C(=O)C1=C(SC(C)(C)CC1O)C2=O. The van der Waals surface area contributed by atoms with E-state index in [2.05, 4.69) is 0 Å². The predicted molar refractivity (Wildman–Crippen MR) is 79.2 cm³/mol. The van der Waals surface area contributed by atoms with E-state index in [-0.39, 0.29) is 16.3 Å². The molecule has 0 aromatic heterocycles. The Balaban J connectivity index is 2.24. The first-order valence-corrected chi connectivity index (χ1v) is 7.44. The number of aliphatic hydroxyl groups excluding tert-OH is 1. The van der Waals surface area contributed by atoms with Gasteiger partial charge in [0.2, 0.25) is 5.78 Å². The molecule has 20 heavy (non-hydrogen) atoms. The molecule has 1 aliphatic heterocycles. The third-order valence-corrected chi connectivity index (χ3v) is 5.17. The summed E-state index contributed by atoms with van der Waals surface area (Å²) >= 11 is 1.41. The molecular formula is C16H16O3S. The standard InChI is InChI=1S/C16H16O3S/c1-8-5-4-6-9-11(8)14(19)12-10(17)7-16(2,3)20-15(12)13(9)18/h4-6,10,17H,7H2,1-3H3. The quantitative estimate of drug-likeness (QED) is 0.797. The van der Waals surface area contributed by atoms with Crippen molar-refractivity contribution in [3.8, 4) is 0 Å². The number of rotatable bonds is 0. The van der Waals surface area contributed by atoms with E-state index in [1.54, 1.807) is 12.1 Å². The number of carbonyl (C=O) groups is 2. The van der Waals surface area contributed by atoms with Gasteiger partial charge in [-0.25, -0.2) is 0 Å². The molecule has 1 N–H and O–H groups in total. The number of aliphatic hydroxyl groups is 1. The molecule has 0 spiro atoms. The molecule has 3 rings (SSSR count). The number of hydrogen-bond acceptors (Lipinski definition) is 4. The van der Waals surface area contributed by atoms with Crippen LogP contribution in [0.5, 0.6) is 0 Å². The summed E-state index contributed by atoms with van der Waals surface area (Å²) in [4.78, 5) is 25.7. The van der Waals surface area contributed by atoms with Crippen molar-refractivity contribution in [3.63, 3.8) is 0 Å². The van der Waals surface area contributed by atoms with Crippen LogP contribution in [0.2, 0.25) is 0 Å². The number of aryl methyl sites for hydroxylation is 1. The number of thioether (sulfide) groups is 1. The lowest BCUT2D eigenvalue weighted by molar-refractivity contribution is 0.0930. The van der Waals surface area contributed by atoms with E-state index in [4.69, 9.17) is 0 Å². The maximum atomic E-state index is 12.7. The Kier molecular flexibility index (Phi) is 2.92. The predicted octanol–water partition coefficient (Wildman–Crippen LogP) is 2.90. The molecule has 1 unspecified atom stereocenters. The second-order valence-electron chi connectivity index (χ2n) is 5.98. The molecule has 3 nitrogen and oxygen atoms in total. The second-order valence-corrected chi connectivity index (χ2v) is 7.70. The van der Waals surface area contributed by atoms with Crippen LogP contribution in [0.15, 0.2) is 28.7 Å². The van der Waals surface area contributed by atoms with Gasteiger partial charge < -0.3 is 5.11 Å². The Bertz CT molecular complexity index is 670. The highest BCUT2D eigenvalue weighted by Crippen LogP contribution is 2.47. The normalized spacial score (nSPS) is 24.5. The highest BCUT2D eigenvalue weighted by atomic mass is 32.2. The Morgan fingerprint density at radius 2 is 1.95 bits per heavy atom.